The Balaban J connectivity index is 2.51. The normalized spacial score (nSPS) is 13.8. The summed E-state index contributed by atoms with van der Waals surface area (Å²) < 4.78 is 0. The van der Waals surface area contributed by atoms with Crippen molar-refractivity contribution in [2.45, 2.75) is 39.8 Å². The Morgan fingerprint density at radius 1 is 1.38 bits per heavy atom. The van der Waals surface area contributed by atoms with Gasteiger partial charge in [0, 0.05) is 37.8 Å². The summed E-state index contributed by atoms with van der Waals surface area (Å²) >= 11 is 0. The zero-order valence-corrected chi connectivity index (χ0v) is 10.3. The van der Waals surface area contributed by atoms with Crippen LogP contribution < -0.4 is 5.32 Å². The first-order valence-electron chi connectivity index (χ1n) is 5.63. The van der Waals surface area contributed by atoms with E-state index in [0.29, 0.717) is 6.54 Å². The van der Waals surface area contributed by atoms with Crippen molar-refractivity contribution in [3.8, 4) is 0 Å². The Labute approximate surface area is 97.1 Å². The second-order valence-electron chi connectivity index (χ2n) is 5.01. The third-order valence-corrected chi connectivity index (χ3v) is 2.61. The highest BCUT2D eigenvalue weighted by Gasteiger charge is 2.23. The highest BCUT2D eigenvalue weighted by Crippen LogP contribution is 2.21. The van der Waals surface area contributed by atoms with E-state index in [4.69, 9.17) is 5.11 Å². The second-order valence-corrected chi connectivity index (χ2v) is 5.01. The maximum absolute atomic E-state index is 9.03. The molecule has 0 spiro atoms. The Morgan fingerprint density at radius 3 is 2.62 bits per heavy atom. The standard InChI is InChI=1S/C12H21N3O/c1-12(2,3)11(4-7-16)15-9-10-8-13-5-6-14-10/h5-6,8,11,15-16H,4,7,9H2,1-3H3. The Hall–Kier alpha value is -1.00. The van der Waals surface area contributed by atoms with Crippen LogP contribution in [0.1, 0.15) is 32.9 Å². The van der Waals surface area contributed by atoms with Gasteiger partial charge in [-0.2, -0.15) is 0 Å². The topological polar surface area (TPSA) is 58.0 Å². The molecule has 1 aromatic heterocycles. The van der Waals surface area contributed by atoms with Crippen LogP contribution in [0.15, 0.2) is 18.6 Å². The van der Waals surface area contributed by atoms with Gasteiger partial charge in [-0.1, -0.05) is 20.8 Å². The molecule has 2 N–H and O–H groups in total. The number of nitrogens with one attached hydrogen (secondary N) is 1. The number of rotatable bonds is 5. The van der Waals surface area contributed by atoms with Crippen LogP contribution in [-0.4, -0.2) is 27.7 Å². The molecule has 1 aromatic rings. The molecule has 0 aromatic carbocycles. The molecule has 4 nitrogen and oxygen atoms in total. The molecule has 16 heavy (non-hydrogen) atoms. The molecular weight excluding hydrogens is 202 g/mol. The summed E-state index contributed by atoms with van der Waals surface area (Å²) in [5.74, 6) is 0. The number of aromatic nitrogens is 2. The lowest BCUT2D eigenvalue weighted by Crippen LogP contribution is -2.40. The van der Waals surface area contributed by atoms with E-state index in [-0.39, 0.29) is 18.1 Å². The van der Waals surface area contributed by atoms with Crippen molar-refractivity contribution in [1.29, 1.82) is 0 Å². The van der Waals surface area contributed by atoms with Crippen molar-refractivity contribution < 1.29 is 5.11 Å². The van der Waals surface area contributed by atoms with Gasteiger partial charge in [0.25, 0.3) is 0 Å². The van der Waals surface area contributed by atoms with Crippen molar-refractivity contribution in [1.82, 2.24) is 15.3 Å². The third-order valence-electron chi connectivity index (χ3n) is 2.61. The van der Waals surface area contributed by atoms with Crippen molar-refractivity contribution in [3.05, 3.63) is 24.3 Å². The first kappa shape index (κ1) is 13.1. The second kappa shape index (κ2) is 5.92. The molecule has 4 heteroatoms. The lowest BCUT2D eigenvalue weighted by molar-refractivity contribution is 0.196. The van der Waals surface area contributed by atoms with Crippen LogP contribution in [0.5, 0.6) is 0 Å². The predicted octanol–water partition coefficient (Wildman–Crippen LogP) is 1.36. The lowest BCUT2D eigenvalue weighted by atomic mass is 9.85. The zero-order chi connectivity index (χ0) is 12.0. The van der Waals surface area contributed by atoms with Crippen LogP contribution in [-0.2, 0) is 6.54 Å². The van der Waals surface area contributed by atoms with Crippen LogP contribution >= 0.6 is 0 Å². The third kappa shape index (κ3) is 4.24. The number of nitrogens with zero attached hydrogens (tertiary/aromatic N) is 2. The molecule has 0 amide bonds. The van der Waals surface area contributed by atoms with Gasteiger partial charge in [-0.05, 0) is 11.8 Å². The molecule has 0 aliphatic rings. The molecule has 1 rings (SSSR count). The summed E-state index contributed by atoms with van der Waals surface area (Å²) in [6.07, 6.45) is 5.86. The number of aliphatic hydroxyl groups is 1. The van der Waals surface area contributed by atoms with Crippen molar-refractivity contribution in [3.63, 3.8) is 0 Å². The fourth-order valence-electron chi connectivity index (χ4n) is 1.62. The van der Waals surface area contributed by atoms with Gasteiger partial charge in [0.15, 0.2) is 0 Å². The summed E-state index contributed by atoms with van der Waals surface area (Å²) in [5, 5.41) is 12.4. The quantitative estimate of drug-likeness (QED) is 0.791. The van der Waals surface area contributed by atoms with E-state index in [0.717, 1.165) is 12.1 Å². The van der Waals surface area contributed by atoms with Crippen LogP contribution in [0.4, 0.5) is 0 Å². The summed E-state index contributed by atoms with van der Waals surface area (Å²) in [4.78, 5) is 8.22. The van der Waals surface area contributed by atoms with Gasteiger partial charge in [0.2, 0.25) is 0 Å². The first-order chi connectivity index (χ1) is 7.54. The minimum atomic E-state index is 0.130. The summed E-state index contributed by atoms with van der Waals surface area (Å²) in [5.41, 5.74) is 1.06. The van der Waals surface area contributed by atoms with Gasteiger partial charge < -0.3 is 10.4 Å². The molecule has 0 aliphatic heterocycles. The van der Waals surface area contributed by atoms with E-state index in [2.05, 4.69) is 36.1 Å². The van der Waals surface area contributed by atoms with Crippen LogP contribution in [0.2, 0.25) is 0 Å². The van der Waals surface area contributed by atoms with Crippen molar-refractivity contribution >= 4 is 0 Å². The highest BCUT2D eigenvalue weighted by molar-refractivity contribution is 4.95. The zero-order valence-electron chi connectivity index (χ0n) is 10.3. The molecule has 90 valence electrons. The average Bonchev–Trinajstić information content (AvgIpc) is 2.24. The summed E-state index contributed by atoms with van der Waals surface area (Å²) in [6.45, 7) is 7.39. The molecule has 1 unspecified atom stereocenters. The van der Waals surface area contributed by atoms with Gasteiger partial charge in [0.1, 0.15) is 0 Å². The fraction of sp³-hybridized carbons (Fsp3) is 0.667. The number of hydrogen-bond donors (Lipinski definition) is 2. The Bertz CT molecular complexity index is 295. The molecule has 0 fully saturated rings. The maximum atomic E-state index is 9.03. The average molecular weight is 223 g/mol. The first-order valence-corrected chi connectivity index (χ1v) is 5.63. The highest BCUT2D eigenvalue weighted by atomic mass is 16.3. The smallest absolute Gasteiger partial charge is 0.0724 e. The predicted molar refractivity (Wildman–Crippen MR) is 63.8 cm³/mol. The van der Waals surface area contributed by atoms with Gasteiger partial charge >= 0.3 is 0 Å². The molecule has 0 aliphatic carbocycles. The van der Waals surface area contributed by atoms with Crippen LogP contribution in [0, 0.1) is 5.41 Å². The molecule has 0 radical (unpaired) electrons. The minimum absolute atomic E-state index is 0.130. The fourth-order valence-corrected chi connectivity index (χ4v) is 1.62. The van der Waals surface area contributed by atoms with E-state index in [1.165, 1.54) is 0 Å². The summed E-state index contributed by atoms with van der Waals surface area (Å²) in [6, 6.07) is 0.277. The molecule has 0 saturated carbocycles. The summed E-state index contributed by atoms with van der Waals surface area (Å²) in [7, 11) is 0. The van der Waals surface area contributed by atoms with Crippen molar-refractivity contribution in [2.24, 2.45) is 5.41 Å². The van der Waals surface area contributed by atoms with Gasteiger partial charge in [0.05, 0.1) is 5.69 Å². The van der Waals surface area contributed by atoms with Gasteiger partial charge in [-0.3, -0.25) is 9.97 Å². The maximum Gasteiger partial charge on any atom is 0.0724 e. The van der Waals surface area contributed by atoms with E-state index < -0.39 is 0 Å². The van der Waals surface area contributed by atoms with E-state index in [9.17, 15) is 0 Å². The molecule has 0 bridgehead atoms. The van der Waals surface area contributed by atoms with Crippen LogP contribution in [0.25, 0.3) is 0 Å². The van der Waals surface area contributed by atoms with E-state index in [1.807, 2.05) is 0 Å². The van der Waals surface area contributed by atoms with Gasteiger partial charge in [-0.15, -0.1) is 0 Å². The lowest BCUT2D eigenvalue weighted by Gasteiger charge is -2.31. The largest absolute Gasteiger partial charge is 0.396 e. The van der Waals surface area contributed by atoms with E-state index in [1.54, 1.807) is 18.6 Å². The number of hydrogen-bond acceptors (Lipinski definition) is 4. The van der Waals surface area contributed by atoms with Crippen LogP contribution in [0.3, 0.4) is 0 Å². The molecule has 0 saturated heterocycles. The molecule has 1 atom stereocenters. The van der Waals surface area contributed by atoms with E-state index >= 15 is 0 Å². The SMILES string of the molecule is CC(C)(C)C(CCO)NCc1cnccn1. The number of aliphatic hydroxyl groups excluding tert-OH is 1. The molecular formula is C12H21N3O. The minimum Gasteiger partial charge on any atom is -0.396 e. The van der Waals surface area contributed by atoms with Gasteiger partial charge in [-0.25, -0.2) is 0 Å². The molecule has 1 heterocycles. The monoisotopic (exact) mass is 223 g/mol. The van der Waals surface area contributed by atoms with Crippen molar-refractivity contribution in [2.75, 3.05) is 6.61 Å². The Kier molecular flexibility index (Phi) is 4.83. The Morgan fingerprint density at radius 2 is 2.12 bits per heavy atom.